The smallest absolute Gasteiger partial charge is 0.416 e. The molecule has 1 aliphatic rings. The third kappa shape index (κ3) is 5.71. The van der Waals surface area contributed by atoms with E-state index in [0.29, 0.717) is 22.8 Å². The molecule has 0 fully saturated rings. The highest BCUT2D eigenvalue weighted by Crippen LogP contribution is 2.38. The minimum absolute atomic E-state index is 0.211. The number of hydrogen-bond acceptors (Lipinski definition) is 3. The lowest BCUT2D eigenvalue weighted by Crippen LogP contribution is -2.40. The van der Waals surface area contributed by atoms with Gasteiger partial charge in [-0.15, -0.1) is 0 Å². The standard InChI is InChI=1S/C27H22ClF4NO4S/c1-16(26-22(28)6-3-7-23(26)29)10-17-8-9-24-19(11-17)12-18(13-25(34)35)15-33(24)38(36,37)21-5-2-4-20(14-21)27(30,31)32/h2-11,14,18H,12-13,15H2,1H3,(H,34,35)/b16-10+/t18-/m0/s1. The van der Waals surface area contributed by atoms with Gasteiger partial charge in [0.05, 0.1) is 27.6 Å². The van der Waals surface area contributed by atoms with Gasteiger partial charge in [-0.2, -0.15) is 13.2 Å². The van der Waals surface area contributed by atoms with Crippen molar-refractivity contribution in [2.45, 2.75) is 30.8 Å². The molecule has 0 bridgehead atoms. The van der Waals surface area contributed by atoms with Crippen LogP contribution in [-0.2, 0) is 27.4 Å². The highest BCUT2D eigenvalue weighted by atomic mass is 35.5. The summed E-state index contributed by atoms with van der Waals surface area (Å²) >= 11 is 6.16. The van der Waals surface area contributed by atoms with E-state index >= 15 is 0 Å². The Morgan fingerprint density at radius 2 is 1.84 bits per heavy atom. The number of alkyl halides is 3. The summed E-state index contributed by atoms with van der Waals surface area (Å²) in [4.78, 5) is 10.9. The number of nitrogens with zero attached hydrogens (tertiary/aromatic N) is 1. The molecule has 1 atom stereocenters. The summed E-state index contributed by atoms with van der Waals surface area (Å²) in [6.45, 7) is 1.46. The van der Waals surface area contributed by atoms with Crippen LogP contribution in [-0.4, -0.2) is 26.0 Å². The van der Waals surface area contributed by atoms with Gasteiger partial charge in [0.2, 0.25) is 0 Å². The lowest BCUT2D eigenvalue weighted by Gasteiger charge is -2.35. The first-order valence-corrected chi connectivity index (χ1v) is 13.3. The van der Waals surface area contributed by atoms with Gasteiger partial charge < -0.3 is 5.11 Å². The number of allylic oxidation sites excluding steroid dienone is 1. The summed E-state index contributed by atoms with van der Waals surface area (Å²) in [7, 11) is -4.46. The Labute approximate surface area is 222 Å². The van der Waals surface area contributed by atoms with Gasteiger partial charge in [0.25, 0.3) is 10.0 Å². The Kier molecular flexibility index (Phi) is 7.58. The van der Waals surface area contributed by atoms with E-state index in [9.17, 15) is 35.9 Å². The zero-order valence-electron chi connectivity index (χ0n) is 20.0. The minimum Gasteiger partial charge on any atom is -0.481 e. The van der Waals surface area contributed by atoms with Crippen molar-refractivity contribution in [1.82, 2.24) is 0 Å². The molecule has 0 amide bonds. The molecule has 0 aliphatic carbocycles. The predicted octanol–water partition coefficient (Wildman–Crippen LogP) is 6.90. The maximum Gasteiger partial charge on any atom is 0.416 e. The van der Waals surface area contributed by atoms with Crippen LogP contribution >= 0.6 is 11.6 Å². The molecule has 3 aromatic rings. The van der Waals surface area contributed by atoms with Crippen molar-refractivity contribution in [2.24, 2.45) is 5.92 Å². The van der Waals surface area contributed by atoms with Crippen LogP contribution in [0, 0.1) is 11.7 Å². The summed E-state index contributed by atoms with van der Waals surface area (Å²) in [6.07, 6.45) is -3.18. The zero-order chi connectivity index (χ0) is 27.8. The predicted molar refractivity (Wildman–Crippen MR) is 137 cm³/mol. The van der Waals surface area contributed by atoms with E-state index in [2.05, 4.69) is 0 Å². The number of anilines is 1. The molecule has 11 heteroatoms. The van der Waals surface area contributed by atoms with Gasteiger partial charge in [0.1, 0.15) is 5.82 Å². The van der Waals surface area contributed by atoms with E-state index in [1.165, 1.54) is 18.2 Å². The van der Waals surface area contributed by atoms with Crippen molar-refractivity contribution in [3.8, 4) is 0 Å². The van der Waals surface area contributed by atoms with Crippen LogP contribution in [0.15, 0.2) is 65.6 Å². The molecule has 1 aliphatic heterocycles. The first-order valence-electron chi connectivity index (χ1n) is 11.4. The summed E-state index contributed by atoms with van der Waals surface area (Å²) in [5.74, 6) is -2.26. The van der Waals surface area contributed by atoms with E-state index in [-0.39, 0.29) is 35.7 Å². The fourth-order valence-corrected chi connectivity index (χ4v) is 6.52. The number of benzene rings is 3. The highest BCUT2D eigenvalue weighted by Gasteiger charge is 2.36. The Hall–Kier alpha value is -3.37. The number of carboxylic acids is 1. The van der Waals surface area contributed by atoms with Gasteiger partial charge in [-0.05, 0) is 78.4 Å². The Morgan fingerprint density at radius 1 is 1.13 bits per heavy atom. The maximum absolute atomic E-state index is 14.4. The quantitative estimate of drug-likeness (QED) is 0.260. The van der Waals surface area contributed by atoms with Crippen molar-refractivity contribution in [2.75, 3.05) is 10.8 Å². The maximum atomic E-state index is 14.4. The molecule has 5 nitrogen and oxygen atoms in total. The van der Waals surface area contributed by atoms with Gasteiger partial charge in [0.15, 0.2) is 0 Å². The van der Waals surface area contributed by atoms with Gasteiger partial charge >= 0.3 is 12.1 Å². The summed E-state index contributed by atoms with van der Waals surface area (Å²) < 4.78 is 82.1. The van der Waals surface area contributed by atoms with Gasteiger partial charge in [-0.25, -0.2) is 12.8 Å². The van der Waals surface area contributed by atoms with Gasteiger partial charge in [0, 0.05) is 12.1 Å². The summed E-state index contributed by atoms with van der Waals surface area (Å²) in [5, 5.41) is 9.57. The van der Waals surface area contributed by atoms with Gasteiger partial charge in [-0.3, -0.25) is 9.10 Å². The lowest BCUT2D eigenvalue weighted by molar-refractivity contribution is -0.138. The van der Waals surface area contributed by atoms with Crippen molar-refractivity contribution >= 4 is 44.9 Å². The van der Waals surface area contributed by atoms with Crippen molar-refractivity contribution in [3.05, 3.63) is 93.8 Å². The minimum atomic E-state index is -4.74. The average Bonchev–Trinajstić information content (AvgIpc) is 2.82. The highest BCUT2D eigenvalue weighted by molar-refractivity contribution is 7.92. The van der Waals surface area contributed by atoms with E-state index in [1.807, 2.05) is 0 Å². The molecule has 200 valence electrons. The average molecular weight is 568 g/mol. The van der Waals surface area contributed by atoms with Crippen LogP contribution in [0.1, 0.15) is 35.6 Å². The number of carboxylic acid groups (broad SMARTS) is 1. The number of rotatable bonds is 6. The molecular formula is C27H22ClF4NO4S. The number of aliphatic carboxylic acids is 1. The largest absolute Gasteiger partial charge is 0.481 e. The second kappa shape index (κ2) is 10.4. The Morgan fingerprint density at radius 3 is 2.50 bits per heavy atom. The molecule has 0 saturated carbocycles. The van der Waals surface area contributed by atoms with Crippen molar-refractivity contribution in [3.63, 3.8) is 0 Å². The fraction of sp³-hybridized carbons (Fsp3) is 0.222. The van der Waals surface area contributed by atoms with Crippen molar-refractivity contribution < 1.29 is 35.9 Å². The van der Waals surface area contributed by atoms with Crippen LogP contribution < -0.4 is 4.31 Å². The number of sulfonamides is 1. The molecule has 1 heterocycles. The zero-order valence-corrected chi connectivity index (χ0v) is 21.5. The third-order valence-corrected chi connectivity index (χ3v) is 8.35. The molecule has 1 N–H and O–H groups in total. The molecule has 3 aromatic carbocycles. The molecule has 0 saturated heterocycles. The second-order valence-electron chi connectivity index (χ2n) is 9.04. The van der Waals surface area contributed by atoms with E-state index in [1.54, 1.807) is 31.2 Å². The monoisotopic (exact) mass is 567 g/mol. The van der Waals surface area contributed by atoms with Crippen molar-refractivity contribution in [1.29, 1.82) is 0 Å². The molecule has 38 heavy (non-hydrogen) atoms. The Balaban J connectivity index is 1.78. The molecule has 0 unspecified atom stereocenters. The summed E-state index contributed by atoms with van der Waals surface area (Å²) in [5.41, 5.74) is 0.944. The topological polar surface area (TPSA) is 74.7 Å². The normalized spacial score (nSPS) is 16.3. The van der Waals surface area contributed by atoms with E-state index in [4.69, 9.17) is 11.6 Å². The molecular weight excluding hydrogens is 546 g/mol. The molecule has 0 aromatic heterocycles. The van der Waals surface area contributed by atoms with Crippen LogP contribution in [0.3, 0.4) is 0 Å². The third-order valence-electron chi connectivity index (χ3n) is 6.26. The Bertz CT molecular complexity index is 1520. The SMILES string of the molecule is C/C(=C\c1ccc2c(c1)C[C@@H](CC(=O)O)CN2S(=O)(=O)c1cccc(C(F)(F)F)c1)c1c(F)cccc1Cl. The van der Waals surface area contributed by atoms with E-state index in [0.717, 1.165) is 22.5 Å². The van der Waals surface area contributed by atoms with Crippen LogP contribution in [0.25, 0.3) is 11.6 Å². The number of fused-ring (bicyclic) bond motifs is 1. The van der Waals surface area contributed by atoms with Crippen LogP contribution in [0.4, 0.5) is 23.2 Å². The lowest BCUT2D eigenvalue weighted by atomic mass is 9.90. The van der Waals surface area contributed by atoms with Gasteiger partial charge in [-0.1, -0.05) is 35.9 Å². The van der Waals surface area contributed by atoms with Crippen LogP contribution in [0.2, 0.25) is 5.02 Å². The van der Waals surface area contributed by atoms with E-state index < -0.39 is 44.4 Å². The summed E-state index contributed by atoms with van der Waals surface area (Å²) in [6, 6.07) is 12.5. The molecule has 0 spiro atoms. The second-order valence-corrected chi connectivity index (χ2v) is 11.3. The number of halogens is 5. The fourth-order valence-electron chi connectivity index (χ4n) is 4.58. The number of hydrogen-bond donors (Lipinski definition) is 1. The van der Waals surface area contributed by atoms with Crippen LogP contribution in [0.5, 0.6) is 0 Å². The molecule has 0 radical (unpaired) electrons. The first-order chi connectivity index (χ1) is 17.8. The number of carbonyl (C=O) groups is 1. The molecule has 4 rings (SSSR count). The first kappa shape index (κ1) is 27.7.